The van der Waals surface area contributed by atoms with Gasteiger partial charge in [-0.3, -0.25) is 4.98 Å². The number of ether oxygens (including phenoxy) is 2. The molecule has 4 rings (SSSR count). The van der Waals surface area contributed by atoms with E-state index in [9.17, 15) is 4.79 Å². The summed E-state index contributed by atoms with van der Waals surface area (Å²) in [6.45, 7) is 5.47. The molecule has 0 radical (unpaired) electrons. The molecule has 0 spiro atoms. The van der Waals surface area contributed by atoms with Gasteiger partial charge in [0.15, 0.2) is 5.75 Å². The third-order valence-corrected chi connectivity index (χ3v) is 5.02. The van der Waals surface area contributed by atoms with Crippen molar-refractivity contribution in [2.75, 3.05) is 19.7 Å². The second-order valence-electron chi connectivity index (χ2n) is 6.75. The third kappa shape index (κ3) is 3.49. The van der Waals surface area contributed by atoms with Crippen LogP contribution >= 0.6 is 0 Å². The van der Waals surface area contributed by atoms with E-state index in [2.05, 4.69) is 19.5 Å². The highest BCUT2D eigenvalue weighted by molar-refractivity contribution is 5.81. The molecule has 0 bridgehead atoms. The molecule has 0 N–H and O–H groups in total. The Bertz CT molecular complexity index is 979. The number of hydrogen-bond donors (Lipinski definition) is 0. The molecular formula is C20H23N5O3. The maximum atomic E-state index is 11.9. The Morgan fingerprint density at radius 2 is 2.04 bits per heavy atom. The van der Waals surface area contributed by atoms with Crippen molar-refractivity contribution >= 4 is 17.1 Å². The number of aromatic nitrogens is 4. The van der Waals surface area contributed by atoms with Crippen LogP contribution in [0.3, 0.4) is 0 Å². The number of carbonyl (C=O) groups is 1. The van der Waals surface area contributed by atoms with E-state index in [0.29, 0.717) is 31.3 Å². The van der Waals surface area contributed by atoms with E-state index in [4.69, 9.17) is 9.47 Å². The van der Waals surface area contributed by atoms with E-state index in [1.807, 2.05) is 38.2 Å². The van der Waals surface area contributed by atoms with Crippen molar-refractivity contribution in [3.05, 3.63) is 42.6 Å². The first-order chi connectivity index (χ1) is 13.7. The van der Waals surface area contributed by atoms with Crippen LogP contribution in [0.5, 0.6) is 11.6 Å². The van der Waals surface area contributed by atoms with Gasteiger partial charge < -0.3 is 18.9 Å². The summed E-state index contributed by atoms with van der Waals surface area (Å²) in [7, 11) is 0. The molecule has 4 heterocycles. The van der Waals surface area contributed by atoms with E-state index in [1.54, 1.807) is 11.1 Å². The summed E-state index contributed by atoms with van der Waals surface area (Å²) in [5.74, 6) is 1.20. The predicted molar refractivity (Wildman–Crippen MR) is 103 cm³/mol. The Hall–Kier alpha value is -3.16. The lowest BCUT2D eigenvalue weighted by Gasteiger charge is -2.32. The van der Waals surface area contributed by atoms with Crippen LogP contribution in [-0.4, -0.2) is 50.2 Å². The highest BCUT2D eigenvalue weighted by Gasteiger charge is 2.26. The van der Waals surface area contributed by atoms with Gasteiger partial charge in [-0.05, 0) is 44.9 Å². The van der Waals surface area contributed by atoms with Gasteiger partial charge in [-0.1, -0.05) is 0 Å². The molecule has 1 aliphatic heterocycles. The van der Waals surface area contributed by atoms with Gasteiger partial charge in [0.25, 0.3) is 0 Å². The molecule has 28 heavy (non-hydrogen) atoms. The molecule has 0 atom stereocenters. The van der Waals surface area contributed by atoms with Crippen LogP contribution in [0.2, 0.25) is 0 Å². The van der Waals surface area contributed by atoms with Crippen molar-refractivity contribution in [2.24, 2.45) is 0 Å². The van der Waals surface area contributed by atoms with E-state index in [1.165, 1.54) is 6.33 Å². The second-order valence-corrected chi connectivity index (χ2v) is 6.75. The van der Waals surface area contributed by atoms with Gasteiger partial charge in [-0.25, -0.2) is 14.8 Å². The summed E-state index contributed by atoms with van der Waals surface area (Å²) in [5.41, 5.74) is 1.64. The average Bonchev–Trinajstić information content (AvgIpc) is 3.15. The highest BCUT2D eigenvalue weighted by Crippen LogP contribution is 2.32. The third-order valence-electron chi connectivity index (χ3n) is 5.02. The van der Waals surface area contributed by atoms with Gasteiger partial charge in [0.05, 0.1) is 17.7 Å². The molecular weight excluding hydrogens is 358 g/mol. The van der Waals surface area contributed by atoms with E-state index < -0.39 is 0 Å². The van der Waals surface area contributed by atoms with Gasteiger partial charge in [-0.2, -0.15) is 0 Å². The van der Waals surface area contributed by atoms with Crippen molar-refractivity contribution < 1.29 is 14.3 Å². The van der Waals surface area contributed by atoms with Gasteiger partial charge in [-0.15, -0.1) is 0 Å². The van der Waals surface area contributed by atoms with Crippen LogP contribution < -0.4 is 4.74 Å². The van der Waals surface area contributed by atoms with E-state index >= 15 is 0 Å². The lowest BCUT2D eigenvalue weighted by molar-refractivity contribution is 0.0930. The Balaban J connectivity index is 1.54. The smallest absolute Gasteiger partial charge is 0.409 e. The van der Waals surface area contributed by atoms with Crippen LogP contribution in [0.25, 0.3) is 11.0 Å². The zero-order chi connectivity index (χ0) is 19.5. The van der Waals surface area contributed by atoms with Crippen molar-refractivity contribution in [1.29, 1.82) is 0 Å². The summed E-state index contributed by atoms with van der Waals surface area (Å²) in [6, 6.07) is 5.96. The fourth-order valence-electron chi connectivity index (χ4n) is 3.55. The topological polar surface area (TPSA) is 82.4 Å². The summed E-state index contributed by atoms with van der Waals surface area (Å²) in [5, 5.41) is 0.860. The minimum absolute atomic E-state index is 0.233. The molecule has 1 saturated heterocycles. The first-order valence-corrected chi connectivity index (χ1v) is 9.50. The summed E-state index contributed by atoms with van der Waals surface area (Å²) < 4.78 is 13.3. The minimum Gasteiger partial charge on any atom is -0.450 e. The molecule has 1 fully saturated rings. The molecule has 0 unspecified atom stereocenters. The molecule has 0 aliphatic carbocycles. The number of nitrogens with zero attached hydrogens (tertiary/aromatic N) is 5. The number of aryl methyl sites for hydroxylation is 1. The minimum atomic E-state index is -0.233. The normalized spacial score (nSPS) is 15.0. The van der Waals surface area contributed by atoms with Gasteiger partial charge in [0.1, 0.15) is 12.0 Å². The number of piperidine rings is 1. The second kappa shape index (κ2) is 7.84. The molecule has 146 valence electrons. The van der Waals surface area contributed by atoms with Crippen LogP contribution in [0.1, 0.15) is 31.5 Å². The van der Waals surface area contributed by atoms with Crippen LogP contribution in [0.4, 0.5) is 4.79 Å². The number of fused-ring (bicyclic) bond motifs is 1. The first-order valence-electron chi connectivity index (χ1n) is 9.50. The molecule has 0 aromatic carbocycles. The maximum absolute atomic E-state index is 11.9. The maximum Gasteiger partial charge on any atom is 0.409 e. The molecule has 1 amide bonds. The lowest BCUT2D eigenvalue weighted by atomic mass is 10.1. The fourth-order valence-corrected chi connectivity index (χ4v) is 3.55. The molecule has 3 aromatic rings. The number of amides is 1. The predicted octanol–water partition coefficient (Wildman–Crippen LogP) is 3.72. The first kappa shape index (κ1) is 18.2. The monoisotopic (exact) mass is 381 g/mol. The molecule has 0 saturated carbocycles. The lowest BCUT2D eigenvalue weighted by Crippen LogP contribution is -2.39. The van der Waals surface area contributed by atoms with E-state index in [0.717, 1.165) is 29.6 Å². The van der Waals surface area contributed by atoms with Gasteiger partial charge in [0, 0.05) is 31.5 Å². The fraction of sp³-hybridized carbons (Fsp3) is 0.400. The number of hydrogen-bond acceptors (Lipinski definition) is 6. The Labute approximate surface area is 163 Å². The molecule has 8 heteroatoms. The Morgan fingerprint density at radius 3 is 2.79 bits per heavy atom. The van der Waals surface area contributed by atoms with Crippen molar-refractivity contribution in [3.8, 4) is 11.6 Å². The number of carbonyl (C=O) groups excluding carboxylic acids is 1. The van der Waals surface area contributed by atoms with Crippen molar-refractivity contribution in [1.82, 2.24) is 24.4 Å². The van der Waals surface area contributed by atoms with E-state index in [-0.39, 0.29) is 12.1 Å². The highest BCUT2D eigenvalue weighted by atomic mass is 16.6. The summed E-state index contributed by atoms with van der Waals surface area (Å²) >= 11 is 0. The Kier molecular flexibility index (Phi) is 5.10. The SMILES string of the molecule is CCOC(=O)N1CCC(n2ccc3c(Oc4cccnc4C)ncnc32)CC1. The zero-order valence-electron chi connectivity index (χ0n) is 16.0. The number of pyridine rings is 1. The van der Waals surface area contributed by atoms with Crippen LogP contribution in [0, 0.1) is 6.92 Å². The summed E-state index contributed by atoms with van der Waals surface area (Å²) in [6.07, 6.45) is 6.75. The van der Waals surface area contributed by atoms with Gasteiger partial charge >= 0.3 is 6.09 Å². The quantitative estimate of drug-likeness (QED) is 0.685. The van der Waals surface area contributed by atoms with Crippen LogP contribution in [-0.2, 0) is 4.74 Å². The molecule has 8 nitrogen and oxygen atoms in total. The molecule has 1 aliphatic rings. The Morgan fingerprint density at radius 1 is 1.21 bits per heavy atom. The number of rotatable bonds is 4. The van der Waals surface area contributed by atoms with Crippen molar-refractivity contribution in [3.63, 3.8) is 0 Å². The van der Waals surface area contributed by atoms with Gasteiger partial charge in [0.2, 0.25) is 5.88 Å². The number of likely N-dealkylation sites (tertiary alicyclic amines) is 1. The standard InChI is InChI=1S/C20H23N5O3/c1-3-27-20(26)24-10-6-15(7-11-24)25-12-8-16-18(25)22-13-23-19(16)28-17-5-4-9-21-14(17)2/h4-5,8-9,12-13,15H,3,6-7,10-11H2,1-2H3. The average molecular weight is 381 g/mol. The largest absolute Gasteiger partial charge is 0.450 e. The summed E-state index contributed by atoms with van der Waals surface area (Å²) in [4.78, 5) is 26.7. The van der Waals surface area contributed by atoms with Crippen LogP contribution in [0.15, 0.2) is 36.9 Å². The zero-order valence-corrected chi connectivity index (χ0v) is 16.0. The molecule has 3 aromatic heterocycles. The van der Waals surface area contributed by atoms with Crippen molar-refractivity contribution in [2.45, 2.75) is 32.7 Å².